The van der Waals surface area contributed by atoms with E-state index in [9.17, 15) is 18.0 Å². The van der Waals surface area contributed by atoms with Crippen LogP contribution in [0.2, 0.25) is 0 Å². The number of carbonyl (C=O) groups excluding carboxylic acids is 2. The van der Waals surface area contributed by atoms with Crippen molar-refractivity contribution in [3.8, 4) is 5.75 Å². The molecule has 0 aromatic heterocycles. The molecule has 0 saturated heterocycles. The maximum absolute atomic E-state index is 13.5. The first-order valence-corrected chi connectivity index (χ1v) is 13.2. The summed E-state index contributed by atoms with van der Waals surface area (Å²) in [5.41, 5.74) is 1.71. The molecule has 192 valence electrons. The number of aryl methyl sites for hydroxylation is 1. The van der Waals surface area contributed by atoms with Gasteiger partial charge in [0.05, 0.1) is 18.6 Å². The van der Waals surface area contributed by atoms with E-state index < -0.39 is 28.5 Å². The Morgan fingerprint density at radius 1 is 1.06 bits per heavy atom. The predicted octanol–water partition coefficient (Wildman–Crippen LogP) is 3.35. The van der Waals surface area contributed by atoms with Crippen LogP contribution in [0.5, 0.6) is 5.75 Å². The molecular formula is C26H37N3O5S. The minimum Gasteiger partial charge on any atom is -0.497 e. The Bertz CT molecular complexity index is 1100. The quantitative estimate of drug-likeness (QED) is 0.479. The number of methoxy groups -OCH3 is 1. The summed E-state index contributed by atoms with van der Waals surface area (Å²) in [6, 6.07) is 12.9. The zero-order valence-electron chi connectivity index (χ0n) is 21.4. The van der Waals surface area contributed by atoms with Crippen LogP contribution < -0.4 is 10.1 Å². The summed E-state index contributed by atoms with van der Waals surface area (Å²) in [6.07, 6.45) is 1.13. The van der Waals surface area contributed by atoms with Crippen molar-refractivity contribution in [3.05, 3.63) is 59.7 Å². The second-order valence-electron chi connectivity index (χ2n) is 8.69. The maximum atomic E-state index is 13.5. The van der Waals surface area contributed by atoms with Crippen molar-refractivity contribution in [1.82, 2.24) is 14.5 Å². The molecule has 0 fully saturated rings. The molecule has 2 aromatic carbocycles. The number of ether oxygens (including phenoxy) is 1. The lowest BCUT2D eigenvalue weighted by atomic mass is 10.1. The fraction of sp³-hybridized carbons (Fsp3) is 0.462. The van der Waals surface area contributed by atoms with Gasteiger partial charge in [0.2, 0.25) is 21.8 Å². The van der Waals surface area contributed by atoms with Gasteiger partial charge in [0.1, 0.15) is 11.8 Å². The van der Waals surface area contributed by atoms with E-state index in [1.807, 2.05) is 39.8 Å². The molecule has 35 heavy (non-hydrogen) atoms. The number of carbonyl (C=O) groups is 2. The van der Waals surface area contributed by atoms with E-state index in [1.54, 1.807) is 31.4 Å². The molecule has 9 heteroatoms. The SMILES string of the molecule is CC[C@H](C)NC(=O)[C@H](CC)N(Cc1cccc(OC)c1)C(=O)CN(C)S(=O)(=O)c1ccc(C)cc1. The van der Waals surface area contributed by atoms with Gasteiger partial charge in [-0.25, -0.2) is 8.42 Å². The van der Waals surface area contributed by atoms with Gasteiger partial charge in [-0.15, -0.1) is 0 Å². The fourth-order valence-electron chi connectivity index (χ4n) is 3.58. The van der Waals surface area contributed by atoms with Crippen molar-refractivity contribution in [2.24, 2.45) is 0 Å². The van der Waals surface area contributed by atoms with E-state index in [2.05, 4.69) is 5.32 Å². The Morgan fingerprint density at radius 3 is 2.29 bits per heavy atom. The zero-order chi connectivity index (χ0) is 26.2. The van der Waals surface area contributed by atoms with Gasteiger partial charge in [-0.05, 0) is 56.5 Å². The Labute approximate surface area is 209 Å². The Morgan fingerprint density at radius 2 is 1.71 bits per heavy atom. The minimum absolute atomic E-state index is 0.0464. The van der Waals surface area contributed by atoms with Crippen LogP contribution in [0.4, 0.5) is 0 Å². The smallest absolute Gasteiger partial charge is 0.243 e. The van der Waals surface area contributed by atoms with Crippen LogP contribution in [0.1, 0.15) is 44.7 Å². The monoisotopic (exact) mass is 503 g/mol. The van der Waals surface area contributed by atoms with Crippen LogP contribution in [-0.2, 0) is 26.2 Å². The number of rotatable bonds is 12. The van der Waals surface area contributed by atoms with Gasteiger partial charge in [-0.1, -0.05) is 43.7 Å². The Balaban J connectivity index is 2.35. The first kappa shape index (κ1) is 28.3. The molecule has 0 radical (unpaired) electrons. The van der Waals surface area contributed by atoms with Gasteiger partial charge in [0, 0.05) is 19.6 Å². The molecule has 0 aliphatic heterocycles. The van der Waals surface area contributed by atoms with Crippen molar-refractivity contribution in [2.45, 2.75) is 64.1 Å². The van der Waals surface area contributed by atoms with E-state index in [-0.39, 0.29) is 23.4 Å². The molecule has 1 N–H and O–H groups in total. The third kappa shape index (κ3) is 7.53. The van der Waals surface area contributed by atoms with E-state index >= 15 is 0 Å². The summed E-state index contributed by atoms with van der Waals surface area (Å²) in [5.74, 6) is -0.0922. The van der Waals surface area contributed by atoms with Crippen LogP contribution in [-0.4, -0.2) is 62.2 Å². The van der Waals surface area contributed by atoms with Crippen molar-refractivity contribution in [3.63, 3.8) is 0 Å². The average molecular weight is 504 g/mol. The highest BCUT2D eigenvalue weighted by molar-refractivity contribution is 7.89. The van der Waals surface area contributed by atoms with Gasteiger partial charge >= 0.3 is 0 Å². The predicted molar refractivity (Wildman–Crippen MR) is 137 cm³/mol. The number of likely N-dealkylation sites (N-methyl/N-ethyl adjacent to an activating group) is 1. The molecule has 2 rings (SSSR count). The molecule has 8 nitrogen and oxygen atoms in total. The van der Waals surface area contributed by atoms with Crippen LogP contribution in [0.25, 0.3) is 0 Å². The summed E-state index contributed by atoms with van der Waals surface area (Å²) in [7, 11) is -0.949. The first-order valence-electron chi connectivity index (χ1n) is 11.8. The van der Waals surface area contributed by atoms with Gasteiger partial charge in [0.25, 0.3) is 0 Å². The minimum atomic E-state index is -3.88. The Hall–Kier alpha value is -2.91. The van der Waals surface area contributed by atoms with Crippen molar-refractivity contribution in [2.75, 3.05) is 20.7 Å². The molecule has 0 aliphatic rings. The lowest BCUT2D eigenvalue weighted by Crippen LogP contribution is -2.53. The summed E-state index contributed by atoms with van der Waals surface area (Å²) in [4.78, 5) is 28.2. The zero-order valence-corrected chi connectivity index (χ0v) is 22.3. The summed E-state index contributed by atoms with van der Waals surface area (Å²) < 4.78 is 32.4. The van der Waals surface area contributed by atoms with Gasteiger partial charge in [-0.3, -0.25) is 9.59 Å². The standard InChI is InChI=1S/C26H37N3O5S/c1-7-20(4)27-26(31)24(8-2)29(17-21-10-9-11-22(16-21)34-6)25(30)18-28(5)35(32,33)23-14-12-19(3)13-15-23/h9-16,20,24H,7-8,17-18H2,1-6H3,(H,27,31)/t20-,24-/m0/s1. The third-order valence-corrected chi connectivity index (χ3v) is 7.78. The molecule has 0 aliphatic carbocycles. The molecule has 0 saturated carbocycles. The number of amides is 2. The number of hydrogen-bond acceptors (Lipinski definition) is 5. The van der Waals surface area contributed by atoms with Gasteiger partial charge < -0.3 is 15.0 Å². The number of nitrogens with zero attached hydrogens (tertiary/aromatic N) is 2. The van der Waals surface area contributed by atoms with Crippen LogP contribution in [0.3, 0.4) is 0 Å². The van der Waals surface area contributed by atoms with E-state index in [0.29, 0.717) is 12.2 Å². The molecule has 0 bridgehead atoms. The van der Waals surface area contributed by atoms with Crippen molar-refractivity contribution in [1.29, 1.82) is 0 Å². The molecule has 0 heterocycles. The first-order chi connectivity index (χ1) is 16.5. The molecule has 2 amide bonds. The second-order valence-corrected chi connectivity index (χ2v) is 10.7. The maximum Gasteiger partial charge on any atom is 0.243 e. The summed E-state index contributed by atoms with van der Waals surface area (Å²) >= 11 is 0. The summed E-state index contributed by atoms with van der Waals surface area (Å²) in [6.45, 7) is 7.32. The van der Waals surface area contributed by atoms with E-state index in [1.165, 1.54) is 24.1 Å². The topological polar surface area (TPSA) is 96.0 Å². The van der Waals surface area contributed by atoms with Crippen molar-refractivity contribution >= 4 is 21.8 Å². The van der Waals surface area contributed by atoms with E-state index in [4.69, 9.17) is 4.74 Å². The molecule has 0 unspecified atom stereocenters. The largest absolute Gasteiger partial charge is 0.497 e. The number of benzene rings is 2. The highest BCUT2D eigenvalue weighted by Gasteiger charge is 2.32. The summed E-state index contributed by atoms with van der Waals surface area (Å²) in [5, 5.41) is 2.95. The lowest BCUT2D eigenvalue weighted by molar-refractivity contribution is -0.141. The average Bonchev–Trinajstić information content (AvgIpc) is 2.84. The van der Waals surface area contributed by atoms with Crippen molar-refractivity contribution < 1.29 is 22.7 Å². The molecule has 0 spiro atoms. The lowest BCUT2D eigenvalue weighted by Gasteiger charge is -2.32. The highest BCUT2D eigenvalue weighted by atomic mass is 32.2. The second kappa shape index (κ2) is 12.7. The number of nitrogens with one attached hydrogen (secondary N) is 1. The Kier molecular flexibility index (Phi) is 10.3. The van der Waals surface area contributed by atoms with Gasteiger partial charge in [0.15, 0.2) is 0 Å². The molecule has 2 atom stereocenters. The normalized spacial score (nSPS) is 13.2. The fourth-order valence-corrected chi connectivity index (χ4v) is 4.70. The van der Waals surface area contributed by atoms with Crippen LogP contribution >= 0.6 is 0 Å². The number of sulfonamides is 1. The van der Waals surface area contributed by atoms with Crippen LogP contribution in [0, 0.1) is 6.92 Å². The highest BCUT2D eigenvalue weighted by Crippen LogP contribution is 2.19. The van der Waals surface area contributed by atoms with E-state index in [0.717, 1.165) is 21.9 Å². The van der Waals surface area contributed by atoms with Gasteiger partial charge in [-0.2, -0.15) is 4.31 Å². The molecular weight excluding hydrogens is 466 g/mol. The molecule has 2 aromatic rings. The number of hydrogen-bond donors (Lipinski definition) is 1. The third-order valence-electron chi connectivity index (χ3n) is 5.96. The van der Waals surface area contributed by atoms with Crippen LogP contribution in [0.15, 0.2) is 53.4 Å².